The summed E-state index contributed by atoms with van der Waals surface area (Å²) in [5.41, 5.74) is 10.0. The van der Waals surface area contributed by atoms with Crippen LogP contribution in [0.15, 0.2) is 12.1 Å². The summed E-state index contributed by atoms with van der Waals surface area (Å²) in [5, 5.41) is 0. The van der Waals surface area contributed by atoms with Crippen LogP contribution in [-0.2, 0) is 24.2 Å². The second kappa shape index (κ2) is 7.57. The van der Waals surface area contributed by atoms with E-state index in [1.807, 2.05) is 0 Å². The molecule has 2 saturated heterocycles. The number of nitrogens with two attached hydrogens (primary N) is 1. The van der Waals surface area contributed by atoms with E-state index in [1.54, 1.807) is 7.11 Å². The fraction of sp³-hybridized carbons (Fsp3) is 0.667. The molecule has 0 unspecified atom stereocenters. The zero-order valence-corrected chi connectivity index (χ0v) is 15.9. The van der Waals surface area contributed by atoms with Gasteiger partial charge in [-0.3, -0.25) is 9.69 Å². The average molecular weight is 357 g/mol. The van der Waals surface area contributed by atoms with Gasteiger partial charge in [-0.2, -0.15) is 0 Å². The third-order valence-corrected chi connectivity index (χ3v) is 6.49. The van der Waals surface area contributed by atoms with Gasteiger partial charge in [-0.15, -0.1) is 0 Å². The highest BCUT2D eigenvalue weighted by Gasteiger charge is 2.38. The number of rotatable bonds is 5. The van der Waals surface area contributed by atoms with Crippen molar-refractivity contribution in [2.24, 2.45) is 11.7 Å². The first-order valence-electron chi connectivity index (χ1n) is 10.1. The fourth-order valence-electron chi connectivity index (χ4n) is 5.21. The lowest BCUT2D eigenvalue weighted by atomic mass is 9.83. The largest absolute Gasteiger partial charge is 0.496 e. The molecule has 2 fully saturated rings. The van der Waals surface area contributed by atoms with Crippen molar-refractivity contribution in [1.82, 2.24) is 9.80 Å². The van der Waals surface area contributed by atoms with Gasteiger partial charge in [-0.1, -0.05) is 6.07 Å². The number of hydrogen-bond acceptors (Lipinski definition) is 4. The first-order valence-corrected chi connectivity index (χ1v) is 10.1. The molecule has 1 aromatic rings. The third-order valence-electron chi connectivity index (χ3n) is 6.49. The second-order valence-corrected chi connectivity index (χ2v) is 8.05. The Morgan fingerprint density at radius 1 is 1.19 bits per heavy atom. The summed E-state index contributed by atoms with van der Waals surface area (Å²) in [4.78, 5) is 16.9. The van der Waals surface area contributed by atoms with Crippen LogP contribution in [-0.4, -0.2) is 55.0 Å². The molecule has 4 rings (SSSR count). The number of amides is 1. The molecule has 1 aliphatic carbocycles. The summed E-state index contributed by atoms with van der Waals surface area (Å²) in [6, 6.07) is 5.02. The second-order valence-electron chi connectivity index (χ2n) is 8.05. The number of methoxy groups -OCH3 is 1. The molecule has 5 heteroatoms. The fourth-order valence-corrected chi connectivity index (χ4v) is 5.21. The van der Waals surface area contributed by atoms with Crippen molar-refractivity contribution < 1.29 is 9.53 Å². The van der Waals surface area contributed by atoms with Crippen LogP contribution in [0.5, 0.6) is 5.75 Å². The third kappa shape index (κ3) is 3.35. The van der Waals surface area contributed by atoms with Gasteiger partial charge in [0.05, 0.1) is 7.11 Å². The Bertz CT molecular complexity index is 675. The van der Waals surface area contributed by atoms with Crippen molar-refractivity contribution in [3.63, 3.8) is 0 Å². The molecular weight excluding hydrogens is 326 g/mol. The number of likely N-dealkylation sites (tertiary alicyclic amines) is 2. The summed E-state index contributed by atoms with van der Waals surface area (Å²) in [6.07, 6.45) is 6.40. The van der Waals surface area contributed by atoms with Crippen LogP contribution >= 0.6 is 0 Å². The molecule has 0 saturated carbocycles. The predicted molar refractivity (Wildman–Crippen MR) is 102 cm³/mol. The van der Waals surface area contributed by atoms with Gasteiger partial charge in [0, 0.05) is 50.7 Å². The highest BCUT2D eigenvalue weighted by atomic mass is 16.5. The number of fused-ring (bicyclic) bond motifs is 2. The highest BCUT2D eigenvalue weighted by molar-refractivity contribution is 5.77. The van der Waals surface area contributed by atoms with Gasteiger partial charge in [-0.25, -0.2) is 0 Å². The zero-order valence-electron chi connectivity index (χ0n) is 15.9. The molecular formula is C21H31N3O2. The number of benzene rings is 1. The van der Waals surface area contributed by atoms with E-state index >= 15 is 0 Å². The van der Waals surface area contributed by atoms with E-state index in [2.05, 4.69) is 21.9 Å². The Balaban J connectivity index is 1.46. The number of nitrogens with zero attached hydrogens (tertiary/aromatic N) is 2. The molecule has 2 N–H and O–H groups in total. The quantitative estimate of drug-likeness (QED) is 0.875. The van der Waals surface area contributed by atoms with Crippen molar-refractivity contribution in [1.29, 1.82) is 0 Å². The Morgan fingerprint density at radius 2 is 2.00 bits per heavy atom. The van der Waals surface area contributed by atoms with Gasteiger partial charge in [0.25, 0.3) is 0 Å². The van der Waals surface area contributed by atoms with Crippen molar-refractivity contribution in [3.8, 4) is 5.75 Å². The minimum atomic E-state index is 0.297. The first kappa shape index (κ1) is 17.8. The number of ether oxygens (including phenoxy) is 1. The van der Waals surface area contributed by atoms with E-state index in [0.717, 1.165) is 38.2 Å². The molecule has 1 aromatic carbocycles. The molecule has 0 bridgehead atoms. The van der Waals surface area contributed by atoms with Crippen LogP contribution in [0.1, 0.15) is 42.4 Å². The van der Waals surface area contributed by atoms with Gasteiger partial charge in [0.15, 0.2) is 0 Å². The van der Waals surface area contributed by atoms with Crippen molar-refractivity contribution >= 4 is 5.91 Å². The van der Waals surface area contributed by atoms with Crippen LogP contribution < -0.4 is 10.5 Å². The zero-order chi connectivity index (χ0) is 18.1. The van der Waals surface area contributed by atoms with E-state index in [9.17, 15) is 4.79 Å². The van der Waals surface area contributed by atoms with Gasteiger partial charge in [0.1, 0.15) is 5.75 Å². The highest BCUT2D eigenvalue weighted by Crippen LogP contribution is 2.34. The van der Waals surface area contributed by atoms with Crippen molar-refractivity contribution in [2.75, 3.05) is 33.3 Å². The smallest absolute Gasteiger partial charge is 0.222 e. The number of carbonyl (C=O) groups excluding carboxylic acids is 1. The van der Waals surface area contributed by atoms with E-state index in [0.29, 0.717) is 37.4 Å². The minimum absolute atomic E-state index is 0.297. The van der Waals surface area contributed by atoms with Gasteiger partial charge >= 0.3 is 0 Å². The van der Waals surface area contributed by atoms with E-state index in [4.69, 9.17) is 10.5 Å². The van der Waals surface area contributed by atoms with Crippen LogP contribution in [0.3, 0.4) is 0 Å². The molecule has 0 aromatic heterocycles. The van der Waals surface area contributed by atoms with Crippen molar-refractivity contribution in [2.45, 2.75) is 51.1 Å². The topological polar surface area (TPSA) is 58.8 Å². The lowest BCUT2D eigenvalue weighted by Crippen LogP contribution is -2.56. The van der Waals surface area contributed by atoms with E-state index < -0.39 is 0 Å². The number of aryl methyl sites for hydroxylation is 2. The molecule has 26 heavy (non-hydrogen) atoms. The average Bonchev–Trinajstić information content (AvgIpc) is 3.11. The predicted octanol–water partition coefficient (Wildman–Crippen LogP) is 1.96. The monoisotopic (exact) mass is 357 g/mol. The molecule has 2 aliphatic heterocycles. The Kier molecular flexibility index (Phi) is 5.18. The molecule has 0 radical (unpaired) electrons. The van der Waals surface area contributed by atoms with Crippen LogP contribution in [0, 0.1) is 5.92 Å². The molecule has 5 nitrogen and oxygen atoms in total. The summed E-state index contributed by atoms with van der Waals surface area (Å²) < 4.78 is 5.69. The summed E-state index contributed by atoms with van der Waals surface area (Å²) >= 11 is 0. The summed E-state index contributed by atoms with van der Waals surface area (Å²) in [5.74, 6) is 1.91. The van der Waals surface area contributed by atoms with Gasteiger partial charge in [0.2, 0.25) is 5.91 Å². The van der Waals surface area contributed by atoms with Crippen LogP contribution in [0.2, 0.25) is 0 Å². The molecule has 2 heterocycles. The van der Waals surface area contributed by atoms with Crippen LogP contribution in [0.25, 0.3) is 0 Å². The normalized spacial score (nSPS) is 25.9. The lowest BCUT2D eigenvalue weighted by molar-refractivity contribution is -0.141. The number of hydrogen-bond donors (Lipinski definition) is 1. The standard InChI is InChI=1S/C21H31N3O2/c1-26-20-12-16-4-2-3-15(16)11-18(20)14-23-9-7-19-17(13-23)5-6-21(25)24(19)10-8-22/h11-12,17,19H,2-10,13-14,22H2,1H3/t17-,19+/m0/s1. The SMILES string of the molecule is COc1cc2c(cc1CN1CC[C@@H]3[C@@H](CCC(=O)N3CCN)C1)CCC2. The molecule has 2 atom stereocenters. The number of piperidine rings is 2. The van der Waals surface area contributed by atoms with Crippen molar-refractivity contribution in [3.05, 3.63) is 28.8 Å². The Hall–Kier alpha value is -1.59. The Morgan fingerprint density at radius 3 is 2.77 bits per heavy atom. The molecule has 3 aliphatic rings. The van der Waals surface area contributed by atoms with Crippen LogP contribution in [0.4, 0.5) is 0 Å². The maximum atomic E-state index is 12.2. The molecule has 1 amide bonds. The van der Waals surface area contributed by atoms with E-state index in [-0.39, 0.29) is 0 Å². The summed E-state index contributed by atoms with van der Waals surface area (Å²) in [6.45, 7) is 4.32. The lowest BCUT2D eigenvalue weighted by Gasteiger charge is -2.47. The minimum Gasteiger partial charge on any atom is -0.496 e. The van der Waals surface area contributed by atoms with E-state index in [1.165, 1.54) is 36.0 Å². The molecule has 142 valence electrons. The number of carbonyl (C=O) groups is 1. The maximum absolute atomic E-state index is 12.2. The van der Waals surface area contributed by atoms with Gasteiger partial charge in [-0.05, 0) is 55.2 Å². The molecule has 0 spiro atoms. The first-order chi connectivity index (χ1) is 12.7. The maximum Gasteiger partial charge on any atom is 0.222 e. The summed E-state index contributed by atoms with van der Waals surface area (Å²) in [7, 11) is 1.78. The van der Waals surface area contributed by atoms with Gasteiger partial charge < -0.3 is 15.4 Å². The Labute approximate surface area is 156 Å².